The Kier molecular flexibility index (Phi) is 7.38. The highest BCUT2D eigenvalue weighted by Crippen LogP contribution is 2.31. The number of benzene rings is 3. The van der Waals surface area contributed by atoms with Crippen molar-refractivity contribution in [2.24, 2.45) is 0 Å². The van der Waals surface area contributed by atoms with Gasteiger partial charge in [-0.1, -0.05) is 41.9 Å². The number of halogens is 1. The van der Waals surface area contributed by atoms with Crippen molar-refractivity contribution in [1.82, 2.24) is 10.3 Å². The van der Waals surface area contributed by atoms with Crippen LogP contribution < -0.4 is 10.6 Å². The Labute approximate surface area is 224 Å². The number of para-hydroxylation sites is 1. The molecule has 0 spiro atoms. The molecule has 0 aliphatic carbocycles. The molecule has 1 aliphatic rings. The first-order valence-corrected chi connectivity index (χ1v) is 12.9. The van der Waals surface area contributed by atoms with Crippen molar-refractivity contribution in [2.45, 2.75) is 38.1 Å². The fourth-order valence-corrected chi connectivity index (χ4v) is 4.91. The third-order valence-electron chi connectivity index (χ3n) is 6.67. The molecule has 8 heteroatoms. The maximum Gasteiger partial charge on any atom is 0.303 e. The van der Waals surface area contributed by atoms with Gasteiger partial charge < -0.3 is 15.7 Å². The van der Waals surface area contributed by atoms with Gasteiger partial charge in [0.25, 0.3) is 5.91 Å². The molecule has 3 aromatic carbocycles. The number of hydrogen-bond donors (Lipinski definition) is 3. The number of pyridine rings is 1. The molecule has 2 heterocycles. The minimum absolute atomic E-state index is 0.115. The standard InChI is InChI=1S/C30H26ClN3O4/c31-22-12-9-18(10-13-22)29-19(5-1-4-8-28(36)37)15-21-16-20(11-14-24(21)33-29)30(38)34-26-17-27(35)32-25-7-3-2-6-23(25)26/h2-3,6-7,9-16,26H,1,4-5,8,17H2,(H,32,35)(H,34,38)(H,36,37). The second-order valence-electron chi connectivity index (χ2n) is 9.38. The lowest BCUT2D eigenvalue weighted by molar-refractivity contribution is -0.137. The van der Waals surface area contributed by atoms with Gasteiger partial charge in [0.05, 0.1) is 23.7 Å². The number of anilines is 1. The zero-order chi connectivity index (χ0) is 26.6. The largest absolute Gasteiger partial charge is 0.481 e. The number of hydrogen-bond acceptors (Lipinski definition) is 4. The fourth-order valence-electron chi connectivity index (χ4n) is 4.78. The second-order valence-corrected chi connectivity index (χ2v) is 9.81. The first-order chi connectivity index (χ1) is 18.4. The minimum Gasteiger partial charge on any atom is -0.481 e. The Morgan fingerprint density at radius 1 is 1.03 bits per heavy atom. The van der Waals surface area contributed by atoms with Gasteiger partial charge in [0, 0.05) is 33.6 Å². The van der Waals surface area contributed by atoms with E-state index in [0.29, 0.717) is 35.5 Å². The lowest BCUT2D eigenvalue weighted by Gasteiger charge is -2.26. The van der Waals surface area contributed by atoms with Gasteiger partial charge in [0.15, 0.2) is 0 Å². The molecule has 0 fully saturated rings. The van der Waals surface area contributed by atoms with Gasteiger partial charge in [0.2, 0.25) is 5.91 Å². The van der Waals surface area contributed by atoms with Crippen molar-refractivity contribution in [3.05, 3.63) is 94.5 Å². The number of carbonyl (C=O) groups is 3. The number of carboxylic acids is 1. The van der Waals surface area contributed by atoms with Crippen LogP contribution in [0, 0.1) is 0 Å². The van der Waals surface area contributed by atoms with E-state index in [2.05, 4.69) is 10.6 Å². The molecule has 2 amide bonds. The van der Waals surface area contributed by atoms with Crippen LogP contribution in [-0.2, 0) is 16.0 Å². The number of carbonyl (C=O) groups excluding carboxylic acids is 2. The summed E-state index contributed by atoms with van der Waals surface area (Å²) in [6.45, 7) is 0. The average Bonchev–Trinajstić information content (AvgIpc) is 2.90. The number of fused-ring (bicyclic) bond motifs is 2. The van der Waals surface area contributed by atoms with E-state index in [-0.39, 0.29) is 24.7 Å². The first kappa shape index (κ1) is 25.4. The van der Waals surface area contributed by atoms with Crippen LogP contribution >= 0.6 is 11.6 Å². The van der Waals surface area contributed by atoms with Crippen molar-refractivity contribution < 1.29 is 19.5 Å². The molecular weight excluding hydrogens is 502 g/mol. The Morgan fingerprint density at radius 3 is 2.61 bits per heavy atom. The van der Waals surface area contributed by atoms with E-state index in [1.807, 2.05) is 60.7 Å². The number of carboxylic acid groups (broad SMARTS) is 1. The zero-order valence-corrected chi connectivity index (χ0v) is 21.3. The smallest absolute Gasteiger partial charge is 0.303 e. The maximum atomic E-state index is 13.2. The predicted octanol–water partition coefficient (Wildman–Crippen LogP) is 6.17. The van der Waals surface area contributed by atoms with E-state index in [0.717, 1.165) is 33.3 Å². The van der Waals surface area contributed by atoms with Gasteiger partial charge in [-0.25, -0.2) is 4.98 Å². The Bertz CT molecular complexity index is 1530. The van der Waals surface area contributed by atoms with E-state index in [9.17, 15) is 14.4 Å². The molecule has 1 unspecified atom stereocenters. The van der Waals surface area contributed by atoms with Crippen LogP contribution in [0.1, 0.15) is 53.2 Å². The highest BCUT2D eigenvalue weighted by Gasteiger charge is 2.26. The number of aromatic nitrogens is 1. The number of aryl methyl sites for hydroxylation is 1. The summed E-state index contributed by atoms with van der Waals surface area (Å²) < 4.78 is 0. The number of nitrogens with one attached hydrogen (secondary N) is 2. The summed E-state index contributed by atoms with van der Waals surface area (Å²) in [4.78, 5) is 41.2. The number of unbranched alkanes of at least 4 members (excludes halogenated alkanes) is 1. The van der Waals surface area contributed by atoms with Crippen molar-refractivity contribution in [3.63, 3.8) is 0 Å². The van der Waals surface area contributed by atoms with Crippen molar-refractivity contribution >= 4 is 46.0 Å². The number of aliphatic carboxylic acids is 1. The molecule has 0 radical (unpaired) electrons. The summed E-state index contributed by atoms with van der Waals surface area (Å²) in [6, 6.07) is 21.9. The summed E-state index contributed by atoms with van der Waals surface area (Å²) in [7, 11) is 0. The van der Waals surface area contributed by atoms with Gasteiger partial charge in [-0.15, -0.1) is 0 Å². The van der Waals surface area contributed by atoms with Gasteiger partial charge >= 0.3 is 5.97 Å². The lowest BCUT2D eigenvalue weighted by Crippen LogP contribution is -2.35. The molecule has 4 aromatic rings. The van der Waals surface area contributed by atoms with Crippen LogP contribution in [0.2, 0.25) is 5.02 Å². The second kappa shape index (κ2) is 11.0. The predicted molar refractivity (Wildman–Crippen MR) is 147 cm³/mol. The van der Waals surface area contributed by atoms with Crippen LogP contribution in [0.15, 0.2) is 72.8 Å². The highest BCUT2D eigenvalue weighted by molar-refractivity contribution is 6.30. The monoisotopic (exact) mass is 527 g/mol. The summed E-state index contributed by atoms with van der Waals surface area (Å²) in [5, 5.41) is 16.3. The summed E-state index contributed by atoms with van der Waals surface area (Å²) in [6.07, 6.45) is 2.20. The van der Waals surface area contributed by atoms with Crippen LogP contribution in [0.25, 0.3) is 22.2 Å². The average molecular weight is 528 g/mol. The Morgan fingerprint density at radius 2 is 1.82 bits per heavy atom. The van der Waals surface area contributed by atoms with Gasteiger partial charge in [0.1, 0.15) is 0 Å². The molecule has 192 valence electrons. The van der Waals surface area contributed by atoms with E-state index in [1.165, 1.54) is 0 Å². The number of rotatable bonds is 8. The van der Waals surface area contributed by atoms with Crippen LogP contribution in [-0.4, -0.2) is 27.9 Å². The highest BCUT2D eigenvalue weighted by atomic mass is 35.5. The fraction of sp³-hybridized carbons (Fsp3) is 0.200. The molecule has 7 nitrogen and oxygen atoms in total. The van der Waals surface area contributed by atoms with E-state index in [4.69, 9.17) is 21.7 Å². The van der Waals surface area contributed by atoms with Crippen molar-refractivity contribution in [2.75, 3.05) is 5.32 Å². The number of amides is 2. The topological polar surface area (TPSA) is 108 Å². The molecule has 0 saturated carbocycles. The van der Waals surface area contributed by atoms with Crippen LogP contribution in [0.5, 0.6) is 0 Å². The molecular formula is C30H26ClN3O4. The van der Waals surface area contributed by atoms with E-state index >= 15 is 0 Å². The molecule has 0 saturated heterocycles. The minimum atomic E-state index is -0.812. The molecule has 38 heavy (non-hydrogen) atoms. The maximum absolute atomic E-state index is 13.2. The normalized spacial score (nSPS) is 14.6. The molecule has 5 rings (SSSR count). The molecule has 1 aliphatic heterocycles. The lowest BCUT2D eigenvalue weighted by atomic mass is 9.96. The van der Waals surface area contributed by atoms with Crippen molar-refractivity contribution in [3.8, 4) is 11.3 Å². The van der Waals surface area contributed by atoms with E-state index in [1.54, 1.807) is 12.1 Å². The van der Waals surface area contributed by atoms with Crippen molar-refractivity contribution in [1.29, 1.82) is 0 Å². The number of nitrogens with zero attached hydrogens (tertiary/aromatic N) is 1. The molecule has 0 bridgehead atoms. The third kappa shape index (κ3) is 5.68. The summed E-state index contributed by atoms with van der Waals surface area (Å²) >= 11 is 6.08. The molecule has 1 aromatic heterocycles. The zero-order valence-electron chi connectivity index (χ0n) is 20.5. The Balaban J connectivity index is 1.44. The molecule has 1 atom stereocenters. The van der Waals surface area contributed by atoms with Gasteiger partial charge in [-0.2, -0.15) is 0 Å². The third-order valence-corrected chi connectivity index (χ3v) is 6.92. The molecule has 3 N–H and O–H groups in total. The quantitative estimate of drug-likeness (QED) is 0.238. The van der Waals surface area contributed by atoms with E-state index < -0.39 is 12.0 Å². The van der Waals surface area contributed by atoms with Gasteiger partial charge in [-0.3, -0.25) is 14.4 Å². The van der Waals surface area contributed by atoms with Gasteiger partial charge in [-0.05, 0) is 72.9 Å². The van der Waals surface area contributed by atoms with Crippen LogP contribution in [0.3, 0.4) is 0 Å². The first-order valence-electron chi connectivity index (χ1n) is 12.5. The van der Waals surface area contributed by atoms with Crippen LogP contribution in [0.4, 0.5) is 5.69 Å². The summed E-state index contributed by atoms with van der Waals surface area (Å²) in [5.41, 5.74) is 5.49. The summed E-state index contributed by atoms with van der Waals surface area (Å²) in [5.74, 6) is -1.22. The Hall–Kier alpha value is -4.23. The SMILES string of the molecule is O=C(O)CCCCc1cc2cc(C(=O)NC3CC(=O)Nc4ccccc43)ccc2nc1-c1ccc(Cl)cc1.